The number of hydrogen-bond donors (Lipinski definition) is 0. The summed E-state index contributed by atoms with van der Waals surface area (Å²) in [5.74, 6) is 1.49. The average Bonchev–Trinajstić information content (AvgIpc) is 2.71. The van der Waals surface area contributed by atoms with E-state index in [0.29, 0.717) is 16.9 Å². The molecule has 0 radical (unpaired) electrons. The van der Waals surface area contributed by atoms with Crippen molar-refractivity contribution in [1.29, 1.82) is 0 Å². The Labute approximate surface area is 131 Å². The Kier molecular flexibility index (Phi) is 2.98. The molecule has 2 aliphatic rings. The molecule has 7 heteroatoms. The van der Waals surface area contributed by atoms with Crippen molar-refractivity contribution in [3.05, 3.63) is 21.9 Å². The van der Waals surface area contributed by atoms with E-state index < -0.39 is 5.82 Å². The van der Waals surface area contributed by atoms with E-state index >= 15 is 0 Å². The van der Waals surface area contributed by atoms with Crippen molar-refractivity contribution in [2.45, 2.75) is 19.8 Å². The van der Waals surface area contributed by atoms with E-state index in [9.17, 15) is 4.39 Å². The largest absolute Gasteiger partial charge is 0.355 e. The molecule has 0 bridgehead atoms. The predicted molar refractivity (Wildman–Crippen MR) is 80.5 cm³/mol. The van der Waals surface area contributed by atoms with Gasteiger partial charge in [0, 0.05) is 13.1 Å². The van der Waals surface area contributed by atoms with Gasteiger partial charge in [-0.25, -0.2) is 14.4 Å². The number of hydrogen-bond acceptors (Lipinski definition) is 4. The standard InChI is InChI=1S/C14H13Cl2FN4/c1-6-9-11(10(17)12(15)18-6)19-14(16)20-13(9)21-4-7-2-3-8(7)5-21/h7-8H,2-5H2,1H3. The van der Waals surface area contributed by atoms with Crippen LogP contribution in [0.4, 0.5) is 10.2 Å². The third-order valence-corrected chi connectivity index (χ3v) is 5.08. The van der Waals surface area contributed by atoms with Gasteiger partial charge in [0.05, 0.1) is 11.1 Å². The molecule has 2 fully saturated rings. The monoisotopic (exact) mass is 326 g/mol. The van der Waals surface area contributed by atoms with Crippen LogP contribution in [0.5, 0.6) is 0 Å². The van der Waals surface area contributed by atoms with Gasteiger partial charge in [-0.15, -0.1) is 0 Å². The lowest BCUT2D eigenvalue weighted by molar-refractivity contribution is 0.243. The minimum atomic E-state index is -0.634. The van der Waals surface area contributed by atoms with Crippen molar-refractivity contribution >= 4 is 39.9 Å². The molecule has 1 aliphatic carbocycles. The minimum Gasteiger partial charge on any atom is -0.355 e. The molecule has 2 atom stereocenters. The van der Waals surface area contributed by atoms with Crippen LogP contribution in [0.3, 0.4) is 0 Å². The summed E-state index contributed by atoms with van der Waals surface area (Å²) in [6, 6.07) is 0. The van der Waals surface area contributed by atoms with Gasteiger partial charge in [-0.2, -0.15) is 4.98 Å². The smallest absolute Gasteiger partial charge is 0.225 e. The van der Waals surface area contributed by atoms with Crippen molar-refractivity contribution in [3.63, 3.8) is 0 Å². The molecule has 2 aromatic rings. The Bertz CT molecular complexity index is 740. The van der Waals surface area contributed by atoms with Gasteiger partial charge < -0.3 is 4.90 Å². The number of rotatable bonds is 1. The summed E-state index contributed by atoms with van der Waals surface area (Å²) in [5.41, 5.74) is 0.782. The molecule has 4 rings (SSSR count). The summed E-state index contributed by atoms with van der Waals surface area (Å²) in [4.78, 5) is 14.6. The first-order valence-corrected chi connectivity index (χ1v) is 7.74. The number of anilines is 1. The molecule has 0 spiro atoms. The summed E-state index contributed by atoms with van der Waals surface area (Å²) >= 11 is 11.8. The maximum Gasteiger partial charge on any atom is 0.225 e. The van der Waals surface area contributed by atoms with Crippen LogP contribution < -0.4 is 4.90 Å². The Balaban J connectivity index is 1.94. The topological polar surface area (TPSA) is 41.9 Å². The van der Waals surface area contributed by atoms with E-state index in [1.54, 1.807) is 6.92 Å². The van der Waals surface area contributed by atoms with Gasteiger partial charge >= 0.3 is 0 Å². The first-order valence-electron chi connectivity index (χ1n) is 6.98. The lowest BCUT2D eigenvalue weighted by Gasteiger charge is -2.27. The highest BCUT2D eigenvalue weighted by atomic mass is 35.5. The Hall–Kier alpha value is -1.20. The summed E-state index contributed by atoms with van der Waals surface area (Å²) in [6.45, 7) is 3.67. The molecule has 1 aliphatic heterocycles. The second-order valence-corrected chi connectivity index (χ2v) is 6.54. The maximum atomic E-state index is 14.2. The quantitative estimate of drug-likeness (QED) is 0.593. The summed E-state index contributed by atoms with van der Waals surface area (Å²) in [7, 11) is 0. The third-order valence-electron chi connectivity index (χ3n) is 4.66. The second kappa shape index (κ2) is 4.65. The second-order valence-electron chi connectivity index (χ2n) is 5.84. The Morgan fingerprint density at radius 2 is 1.76 bits per heavy atom. The zero-order valence-corrected chi connectivity index (χ0v) is 12.9. The number of halogens is 3. The van der Waals surface area contributed by atoms with Crippen molar-refractivity contribution in [1.82, 2.24) is 15.0 Å². The summed E-state index contributed by atoms with van der Waals surface area (Å²) in [6.07, 6.45) is 2.52. The Morgan fingerprint density at radius 3 is 2.38 bits per heavy atom. The molecular formula is C14H13Cl2FN4. The lowest BCUT2D eigenvalue weighted by atomic mass is 9.77. The molecule has 1 saturated heterocycles. The van der Waals surface area contributed by atoms with Crippen molar-refractivity contribution < 1.29 is 4.39 Å². The van der Waals surface area contributed by atoms with Crippen LogP contribution in [0.2, 0.25) is 10.4 Å². The fourth-order valence-corrected chi connectivity index (χ4v) is 3.81. The van der Waals surface area contributed by atoms with Gasteiger partial charge in [0.1, 0.15) is 11.3 Å². The molecule has 1 saturated carbocycles. The highest BCUT2D eigenvalue weighted by Crippen LogP contribution is 2.43. The van der Waals surface area contributed by atoms with Crippen LogP contribution in [0, 0.1) is 24.6 Å². The van der Waals surface area contributed by atoms with Gasteiger partial charge in [-0.1, -0.05) is 11.6 Å². The fraction of sp³-hybridized carbons (Fsp3) is 0.500. The summed E-state index contributed by atoms with van der Waals surface area (Å²) in [5, 5.41) is 0.474. The van der Waals surface area contributed by atoms with Crippen LogP contribution in [0.25, 0.3) is 10.9 Å². The van der Waals surface area contributed by atoms with E-state index in [1.807, 2.05) is 0 Å². The first kappa shape index (κ1) is 13.5. The highest BCUT2D eigenvalue weighted by molar-refractivity contribution is 6.31. The fourth-order valence-electron chi connectivity index (χ4n) is 3.43. The minimum absolute atomic E-state index is 0.0392. The van der Waals surface area contributed by atoms with Gasteiger partial charge in [-0.05, 0) is 43.2 Å². The number of aryl methyl sites for hydroxylation is 1. The van der Waals surface area contributed by atoms with Crippen LogP contribution >= 0.6 is 23.2 Å². The number of fused-ring (bicyclic) bond motifs is 2. The maximum absolute atomic E-state index is 14.2. The van der Waals surface area contributed by atoms with Crippen LogP contribution in [0.1, 0.15) is 18.5 Å². The number of nitrogens with zero attached hydrogens (tertiary/aromatic N) is 4. The normalized spacial score (nSPS) is 24.3. The van der Waals surface area contributed by atoms with E-state index in [0.717, 1.165) is 24.9 Å². The molecular weight excluding hydrogens is 314 g/mol. The van der Waals surface area contributed by atoms with Crippen molar-refractivity contribution in [2.24, 2.45) is 11.8 Å². The van der Waals surface area contributed by atoms with E-state index in [2.05, 4.69) is 19.9 Å². The number of pyridine rings is 1. The van der Waals surface area contributed by atoms with Crippen molar-refractivity contribution in [3.8, 4) is 0 Å². The molecule has 0 amide bonds. The Morgan fingerprint density at radius 1 is 1.10 bits per heavy atom. The van der Waals surface area contributed by atoms with E-state index in [1.165, 1.54) is 12.8 Å². The van der Waals surface area contributed by atoms with Gasteiger partial charge in [0.15, 0.2) is 11.0 Å². The third kappa shape index (κ3) is 1.98. The lowest BCUT2D eigenvalue weighted by Crippen LogP contribution is -2.22. The van der Waals surface area contributed by atoms with Crippen LogP contribution in [-0.4, -0.2) is 28.0 Å². The van der Waals surface area contributed by atoms with Crippen LogP contribution in [0.15, 0.2) is 0 Å². The van der Waals surface area contributed by atoms with Gasteiger partial charge in [0.25, 0.3) is 0 Å². The first-order chi connectivity index (χ1) is 10.0. The highest BCUT2D eigenvalue weighted by Gasteiger charge is 2.40. The molecule has 3 heterocycles. The molecule has 0 aromatic carbocycles. The zero-order valence-electron chi connectivity index (χ0n) is 11.4. The molecule has 2 aromatic heterocycles. The van der Waals surface area contributed by atoms with E-state index in [-0.39, 0.29) is 16.0 Å². The zero-order chi connectivity index (χ0) is 14.7. The van der Waals surface area contributed by atoms with Crippen molar-refractivity contribution in [2.75, 3.05) is 18.0 Å². The molecule has 4 nitrogen and oxygen atoms in total. The molecule has 2 unspecified atom stereocenters. The molecule has 0 N–H and O–H groups in total. The van der Waals surface area contributed by atoms with Gasteiger partial charge in [-0.3, -0.25) is 0 Å². The van der Waals surface area contributed by atoms with Crippen LogP contribution in [-0.2, 0) is 0 Å². The average molecular weight is 327 g/mol. The number of aromatic nitrogens is 3. The molecule has 21 heavy (non-hydrogen) atoms. The van der Waals surface area contributed by atoms with Gasteiger partial charge in [0.2, 0.25) is 5.28 Å². The SMILES string of the molecule is Cc1nc(Cl)c(F)c2nc(Cl)nc(N3CC4CCC4C3)c12. The predicted octanol–water partition coefficient (Wildman–Crippen LogP) is 3.63. The molecule has 110 valence electrons. The van der Waals surface area contributed by atoms with E-state index in [4.69, 9.17) is 23.2 Å². The summed E-state index contributed by atoms with van der Waals surface area (Å²) < 4.78 is 14.2.